The molecule has 1 aliphatic rings. The first-order valence-corrected chi connectivity index (χ1v) is 11.1. The van der Waals surface area contributed by atoms with Crippen LogP contribution < -0.4 is 11.1 Å². The van der Waals surface area contributed by atoms with E-state index in [1.807, 2.05) is 31.2 Å². The molecule has 1 aliphatic heterocycles. The minimum absolute atomic E-state index is 0.0314. The standard InChI is InChI=1S/C21H25N3O4S/c1-15-2-4-16(5-3-15)14-29(27,28)24-12-10-18(11-13-24)21(26)23-19-8-6-17(7-9-19)20(22)25/h2-9,18H,10-14H2,1H3,(H2,22,25)(H,23,26). The maximum absolute atomic E-state index is 12.7. The van der Waals surface area contributed by atoms with Gasteiger partial charge in [-0.05, 0) is 49.6 Å². The lowest BCUT2D eigenvalue weighted by molar-refractivity contribution is -0.120. The number of nitrogens with zero attached hydrogens (tertiary/aromatic N) is 1. The van der Waals surface area contributed by atoms with Gasteiger partial charge in [0.05, 0.1) is 5.75 Å². The van der Waals surface area contributed by atoms with Gasteiger partial charge in [0.1, 0.15) is 0 Å². The van der Waals surface area contributed by atoms with Gasteiger partial charge >= 0.3 is 0 Å². The van der Waals surface area contributed by atoms with Gasteiger partial charge in [-0.15, -0.1) is 0 Å². The predicted molar refractivity (Wildman–Crippen MR) is 112 cm³/mol. The molecule has 29 heavy (non-hydrogen) atoms. The molecule has 2 amide bonds. The Balaban J connectivity index is 1.54. The molecule has 1 heterocycles. The molecule has 0 saturated carbocycles. The third kappa shape index (κ3) is 5.42. The van der Waals surface area contributed by atoms with Gasteiger partial charge in [0.15, 0.2) is 0 Å². The molecule has 0 unspecified atom stereocenters. The Morgan fingerprint density at radius 3 is 2.17 bits per heavy atom. The van der Waals surface area contributed by atoms with Crippen LogP contribution in [0.25, 0.3) is 0 Å². The van der Waals surface area contributed by atoms with Crippen molar-refractivity contribution in [3.05, 3.63) is 65.2 Å². The lowest BCUT2D eigenvalue weighted by atomic mass is 9.97. The van der Waals surface area contributed by atoms with Gasteiger partial charge < -0.3 is 11.1 Å². The summed E-state index contributed by atoms with van der Waals surface area (Å²) in [6.45, 7) is 2.61. The highest BCUT2D eigenvalue weighted by molar-refractivity contribution is 7.88. The normalized spacial score (nSPS) is 15.8. The summed E-state index contributed by atoms with van der Waals surface area (Å²) in [7, 11) is -3.41. The van der Waals surface area contributed by atoms with E-state index in [9.17, 15) is 18.0 Å². The zero-order valence-electron chi connectivity index (χ0n) is 16.3. The number of rotatable bonds is 6. The maximum Gasteiger partial charge on any atom is 0.248 e. The van der Waals surface area contributed by atoms with E-state index < -0.39 is 15.9 Å². The third-order valence-electron chi connectivity index (χ3n) is 5.12. The molecular weight excluding hydrogens is 390 g/mol. The number of nitrogens with one attached hydrogen (secondary N) is 1. The summed E-state index contributed by atoms with van der Waals surface area (Å²) in [5.74, 6) is -0.956. The summed E-state index contributed by atoms with van der Waals surface area (Å²) < 4.78 is 26.8. The molecular formula is C21H25N3O4S. The van der Waals surface area contributed by atoms with E-state index in [2.05, 4.69) is 5.32 Å². The van der Waals surface area contributed by atoms with E-state index in [-0.39, 0.29) is 17.6 Å². The second-order valence-corrected chi connectivity index (χ2v) is 9.31. The lowest BCUT2D eigenvalue weighted by Gasteiger charge is -2.30. The molecule has 0 atom stereocenters. The number of piperidine rings is 1. The Labute approximate surface area is 171 Å². The molecule has 0 bridgehead atoms. The number of benzene rings is 2. The largest absolute Gasteiger partial charge is 0.366 e. The predicted octanol–water partition coefficient (Wildman–Crippen LogP) is 2.27. The second-order valence-electron chi connectivity index (χ2n) is 7.35. The number of anilines is 1. The van der Waals surface area contributed by atoms with E-state index in [4.69, 9.17) is 5.73 Å². The molecule has 1 fully saturated rings. The van der Waals surface area contributed by atoms with Crippen LogP contribution in [0.15, 0.2) is 48.5 Å². The van der Waals surface area contributed by atoms with Gasteiger partial charge in [0.2, 0.25) is 21.8 Å². The van der Waals surface area contributed by atoms with E-state index in [0.29, 0.717) is 37.2 Å². The van der Waals surface area contributed by atoms with Crippen molar-refractivity contribution >= 4 is 27.5 Å². The van der Waals surface area contributed by atoms with Crippen molar-refractivity contribution in [1.29, 1.82) is 0 Å². The highest BCUT2D eigenvalue weighted by Crippen LogP contribution is 2.23. The number of hydrogen-bond acceptors (Lipinski definition) is 4. The van der Waals surface area contributed by atoms with Crippen molar-refractivity contribution in [2.75, 3.05) is 18.4 Å². The first-order chi connectivity index (χ1) is 13.7. The van der Waals surface area contributed by atoms with Gasteiger partial charge in [-0.25, -0.2) is 12.7 Å². The first-order valence-electron chi connectivity index (χ1n) is 9.49. The van der Waals surface area contributed by atoms with Gasteiger partial charge in [-0.1, -0.05) is 29.8 Å². The summed E-state index contributed by atoms with van der Waals surface area (Å²) in [4.78, 5) is 23.6. The Morgan fingerprint density at radius 1 is 1.03 bits per heavy atom. The molecule has 8 heteroatoms. The SMILES string of the molecule is Cc1ccc(CS(=O)(=O)N2CCC(C(=O)Nc3ccc(C(N)=O)cc3)CC2)cc1. The molecule has 3 N–H and O–H groups in total. The van der Waals surface area contributed by atoms with Crippen LogP contribution in [0.2, 0.25) is 0 Å². The fraction of sp³-hybridized carbons (Fsp3) is 0.333. The first kappa shape index (κ1) is 21.0. The molecule has 0 aliphatic carbocycles. The molecule has 154 valence electrons. The molecule has 7 nitrogen and oxygen atoms in total. The number of sulfonamides is 1. The van der Waals surface area contributed by atoms with E-state index in [1.165, 1.54) is 4.31 Å². The quantitative estimate of drug-likeness (QED) is 0.754. The molecule has 2 aromatic rings. The minimum Gasteiger partial charge on any atom is -0.366 e. The van der Waals surface area contributed by atoms with Crippen LogP contribution in [-0.2, 0) is 20.6 Å². The van der Waals surface area contributed by atoms with E-state index >= 15 is 0 Å². The van der Waals surface area contributed by atoms with Crippen LogP contribution in [-0.4, -0.2) is 37.6 Å². The summed E-state index contributed by atoms with van der Waals surface area (Å²) in [6.07, 6.45) is 0.941. The molecule has 2 aromatic carbocycles. The van der Waals surface area contributed by atoms with Crippen LogP contribution in [0.5, 0.6) is 0 Å². The topological polar surface area (TPSA) is 110 Å². The van der Waals surface area contributed by atoms with Crippen molar-refractivity contribution in [3.63, 3.8) is 0 Å². The Morgan fingerprint density at radius 2 is 1.62 bits per heavy atom. The number of carbonyl (C=O) groups is 2. The van der Waals surface area contributed by atoms with Gasteiger partial charge in [0.25, 0.3) is 0 Å². The van der Waals surface area contributed by atoms with Crippen molar-refractivity contribution in [2.24, 2.45) is 11.7 Å². The Kier molecular flexibility index (Phi) is 6.34. The average Bonchev–Trinajstić information content (AvgIpc) is 2.70. The van der Waals surface area contributed by atoms with Crippen LogP contribution in [0.3, 0.4) is 0 Å². The minimum atomic E-state index is -3.41. The Hall–Kier alpha value is -2.71. The smallest absolute Gasteiger partial charge is 0.248 e. The van der Waals surface area contributed by atoms with Crippen molar-refractivity contribution in [2.45, 2.75) is 25.5 Å². The van der Waals surface area contributed by atoms with Crippen LogP contribution in [0.4, 0.5) is 5.69 Å². The van der Waals surface area contributed by atoms with Gasteiger partial charge in [-0.2, -0.15) is 0 Å². The number of aryl methyl sites for hydroxylation is 1. The summed E-state index contributed by atoms with van der Waals surface area (Å²) in [6, 6.07) is 13.8. The number of hydrogen-bond donors (Lipinski definition) is 2. The summed E-state index contributed by atoms with van der Waals surface area (Å²) in [5.41, 5.74) is 8.00. The van der Waals surface area contributed by atoms with Crippen molar-refractivity contribution < 1.29 is 18.0 Å². The highest BCUT2D eigenvalue weighted by atomic mass is 32.2. The maximum atomic E-state index is 12.7. The summed E-state index contributed by atoms with van der Waals surface area (Å²) in [5, 5.41) is 2.82. The molecule has 0 aromatic heterocycles. The van der Waals surface area contributed by atoms with Crippen LogP contribution in [0, 0.1) is 12.8 Å². The fourth-order valence-corrected chi connectivity index (χ4v) is 4.91. The summed E-state index contributed by atoms with van der Waals surface area (Å²) >= 11 is 0. The van der Waals surface area contributed by atoms with Crippen LogP contribution >= 0.6 is 0 Å². The van der Waals surface area contributed by atoms with Gasteiger partial charge in [-0.3, -0.25) is 9.59 Å². The average molecular weight is 416 g/mol. The highest BCUT2D eigenvalue weighted by Gasteiger charge is 2.31. The lowest BCUT2D eigenvalue weighted by Crippen LogP contribution is -2.41. The third-order valence-corrected chi connectivity index (χ3v) is 6.97. The Bertz CT molecular complexity index is 978. The van der Waals surface area contributed by atoms with E-state index in [1.54, 1.807) is 24.3 Å². The molecule has 0 radical (unpaired) electrons. The zero-order valence-corrected chi connectivity index (χ0v) is 17.1. The number of nitrogens with two attached hydrogens (primary N) is 1. The second kappa shape index (κ2) is 8.75. The van der Waals surface area contributed by atoms with Crippen molar-refractivity contribution in [1.82, 2.24) is 4.31 Å². The van der Waals surface area contributed by atoms with Crippen molar-refractivity contribution in [3.8, 4) is 0 Å². The van der Waals surface area contributed by atoms with Gasteiger partial charge in [0, 0.05) is 30.3 Å². The number of carbonyl (C=O) groups excluding carboxylic acids is 2. The monoisotopic (exact) mass is 415 g/mol. The fourth-order valence-electron chi connectivity index (χ4n) is 3.34. The molecule has 0 spiro atoms. The molecule has 1 saturated heterocycles. The van der Waals surface area contributed by atoms with E-state index in [0.717, 1.165) is 11.1 Å². The van der Waals surface area contributed by atoms with Crippen LogP contribution in [0.1, 0.15) is 34.3 Å². The zero-order chi connectivity index (χ0) is 21.0. The number of amides is 2. The number of primary amides is 1. The molecule has 3 rings (SSSR count).